The van der Waals surface area contributed by atoms with Gasteiger partial charge in [-0.1, -0.05) is 0 Å². The molecule has 14 heavy (non-hydrogen) atoms. The van der Waals surface area contributed by atoms with E-state index >= 15 is 0 Å². The first kappa shape index (κ1) is 10.5. The summed E-state index contributed by atoms with van der Waals surface area (Å²) in [6, 6.07) is 3.47. The fourth-order valence-corrected chi connectivity index (χ4v) is 0.872. The van der Waals surface area contributed by atoms with E-state index in [4.69, 9.17) is 9.47 Å². The molecule has 0 bridgehead atoms. The smallest absolute Gasteiger partial charge is 0.344 e. The Labute approximate surface area is 82.9 Å². The summed E-state index contributed by atoms with van der Waals surface area (Å²) in [7, 11) is 0. The van der Waals surface area contributed by atoms with Gasteiger partial charge in [-0.3, -0.25) is 4.98 Å². The van der Waals surface area contributed by atoms with Crippen molar-refractivity contribution < 1.29 is 14.3 Å². The molecule has 4 heteroatoms. The lowest BCUT2D eigenvalue weighted by molar-refractivity contribution is -0.149. The molecular weight excluding hydrogens is 182 g/mol. The number of rotatable bonds is 4. The van der Waals surface area contributed by atoms with Crippen LogP contribution in [-0.2, 0) is 9.53 Å². The molecule has 1 aromatic heterocycles. The first-order chi connectivity index (χ1) is 6.68. The van der Waals surface area contributed by atoms with Crippen molar-refractivity contribution in [1.82, 2.24) is 4.98 Å². The van der Waals surface area contributed by atoms with E-state index in [9.17, 15) is 4.79 Å². The Morgan fingerprint density at radius 2 is 2.36 bits per heavy atom. The van der Waals surface area contributed by atoms with E-state index in [0.29, 0.717) is 5.75 Å². The van der Waals surface area contributed by atoms with Gasteiger partial charge in [0, 0.05) is 6.20 Å². The van der Waals surface area contributed by atoms with Crippen molar-refractivity contribution in [2.24, 2.45) is 0 Å². The second-order valence-corrected chi connectivity index (χ2v) is 3.02. The molecule has 1 aromatic rings. The third-order valence-corrected chi connectivity index (χ3v) is 1.36. The summed E-state index contributed by atoms with van der Waals surface area (Å²) in [6.45, 7) is 3.51. The molecule has 0 aliphatic carbocycles. The van der Waals surface area contributed by atoms with Crippen LogP contribution >= 0.6 is 0 Å². The van der Waals surface area contributed by atoms with Crippen molar-refractivity contribution in [3.63, 3.8) is 0 Å². The maximum absolute atomic E-state index is 11.1. The SMILES string of the molecule is CC(C)OC(=O)COc1cccnc1. The van der Waals surface area contributed by atoms with Gasteiger partial charge in [0.25, 0.3) is 0 Å². The molecule has 76 valence electrons. The summed E-state index contributed by atoms with van der Waals surface area (Å²) in [5.74, 6) is 0.192. The van der Waals surface area contributed by atoms with Gasteiger partial charge in [0.2, 0.25) is 0 Å². The largest absolute Gasteiger partial charge is 0.480 e. The predicted molar refractivity (Wildman–Crippen MR) is 51.0 cm³/mol. The average Bonchev–Trinajstić information content (AvgIpc) is 2.15. The summed E-state index contributed by atoms with van der Waals surface area (Å²) >= 11 is 0. The molecule has 0 saturated heterocycles. The first-order valence-corrected chi connectivity index (χ1v) is 4.41. The minimum absolute atomic E-state index is 0.0795. The monoisotopic (exact) mass is 195 g/mol. The fourth-order valence-electron chi connectivity index (χ4n) is 0.872. The lowest BCUT2D eigenvalue weighted by atomic mass is 10.4. The highest BCUT2D eigenvalue weighted by Crippen LogP contribution is 2.05. The number of hydrogen-bond donors (Lipinski definition) is 0. The number of carbonyl (C=O) groups excluding carboxylic acids is 1. The van der Waals surface area contributed by atoms with Gasteiger partial charge in [0.1, 0.15) is 5.75 Å². The second-order valence-electron chi connectivity index (χ2n) is 3.02. The van der Waals surface area contributed by atoms with Crippen LogP contribution < -0.4 is 4.74 Å². The highest BCUT2D eigenvalue weighted by Gasteiger charge is 2.05. The highest BCUT2D eigenvalue weighted by molar-refractivity contribution is 5.71. The highest BCUT2D eigenvalue weighted by atomic mass is 16.6. The normalized spacial score (nSPS) is 9.93. The molecule has 0 radical (unpaired) electrons. The van der Waals surface area contributed by atoms with E-state index in [1.807, 2.05) is 0 Å². The molecule has 0 spiro atoms. The van der Waals surface area contributed by atoms with Gasteiger partial charge in [-0.05, 0) is 26.0 Å². The van der Waals surface area contributed by atoms with Crippen LogP contribution in [0.1, 0.15) is 13.8 Å². The molecule has 0 fully saturated rings. The topological polar surface area (TPSA) is 48.4 Å². The lowest BCUT2D eigenvalue weighted by Gasteiger charge is -2.08. The number of hydrogen-bond acceptors (Lipinski definition) is 4. The van der Waals surface area contributed by atoms with Crippen molar-refractivity contribution in [2.75, 3.05) is 6.61 Å². The summed E-state index contributed by atoms with van der Waals surface area (Å²) in [5.41, 5.74) is 0. The lowest BCUT2D eigenvalue weighted by Crippen LogP contribution is -2.18. The standard InChI is InChI=1S/C10H13NO3/c1-8(2)14-10(12)7-13-9-4-3-5-11-6-9/h3-6,8H,7H2,1-2H3. The zero-order valence-corrected chi connectivity index (χ0v) is 8.27. The first-order valence-electron chi connectivity index (χ1n) is 4.41. The Hall–Kier alpha value is -1.58. The minimum Gasteiger partial charge on any atom is -0.480 e. The van der Waals surface area contributed by atoms with Crippen molar-refractivity contribution in [3.05, 3.63) is 24.5 Å². The molecule has 0 saturated carbocycles. The van der Waals surface area contributed by atoms with Gasteiger partial charge in [-0.2, -0.15) is 0 Å². The van der Waals surface area contributed by atoms with Gasteiger partial charge in [0.15, 0.2) is 6.61 Å². The molecule has 0 N–H and O–H groups in total. The molecule has 0 amide bonds. The molecule has 0 atom stereocenters. The molecule has 0 aromatic carbocycles. The summed E-state index contributed by atoms with van der Waals surface area (Å²) in [6.07, 6.45) is 3.07. The Bertz CT molecular complexity index is 285. The number of carbonyl (C=O) groups is 1. The fraction of sp³-hybridized carbons (Fsp3) is 0.400. The molecular formula is C10H13NO3. The van der Waals surface area contributed by atoms with Gasteiger partial charge in [0.05, 0.1) is 12.3 Å². The second kappa shape index (κ2) is 5.21. The quantitative estimate of drug-likeness (QED) is 0.681. The summed E-state index contributed by atoms with van der Waals surface area (Å²) < 4.78 is 10.0. The van der Waals surface area contributed by atoms with Gasteiger partial charge in [-0.25, -0.2) is 4.79 Å². The molecule has 1 heterocycles. The van der Waals surface area contributed by atoms with E-state index in [-0.39, 0.29) is 18.7 Å². The maximum atomic E-state index is 11.1. The van der Waals surface area contributed by atoms with E-state index in [0.717, 1.165) is 0 Å². The van der Waals surface area contributed by atoms with Gasteiger partial charge < -0.3 is 9.47 Å². The van der Waals surface area contributed by atoms with Crippen molar-refractivity contribution in [2.45, 2.75) is 20.0 Å². The third kappa shape index (κ3) is 3.89. The molecule has 1 rings (SSSR count). The predicted octanol–water partition coefficient (Wildman–Crippen LogP) is 1.41. The number of pyridine rings is 1. The van der Waals surface area contributed by atoms with E-state index in [1.54, 1.807) is 38.4 Å². The minimum atomic E-state index is -0.371. The van der Waals surface area contributed by atoms with E-state index in [2.05, 4.69) is 4.98 Å². The van der Waals surface area contributed by atoms with E-state index in [1.165, 1.54) is 0 Å². The van der Waals surface area contributed by atoms with Crippen LogP contribution in [0.2, 0.25) is 0 Å². The van der Waals surface area contributed by atoms with Crippen LogP contribution in [0.25, 0.3) is 0 Å². The van der Waals surface area contributed by atoms with Crippen LogP contribution in [0.5, 0.6) is 5.75 Å². The maximum Gasteiger partial charge on any atom is 0.344 e. The summed E-state index contributed by atoms with van der Waals surface area (Å²) in [5, 5.41) is 0. The van der Waals surface area contributed by atoms with Crippen molar-refractivity contribution >= 4 is 5.97 Å². The Morgan fingerprint density at radius 1 is 1.57 bits per heavy atom. The Morgan fingerprint density at radius 3 is 2.93 bits per heavy atom. The molecule has 4 nitrogen and oxygen atoms in total. The number of ether oxygens (including phenoxy) is 2. The van der Waals surface area contributed by atoms with Crippen LogP contribution in [-0.4, -0.2) is 23.7 Å². The van der Waals surface area contributed by atoms with Crippen LogP contribution in [0.3, 0.4) is 0 Å². The Kier molecular flexibility index (Phi) is 3.91. The molecule has 0 aliphatic rings. The van der Waals surface area contributed by atoms with Crippen LogP contribution in [0.15, 0.2) is 24.5 Å². The zero-order valence-electron chi connectivity index (χ0n) is 8.27. The van der Waals surface area contributed by atoms with Crippen molar-refractivity contribution in [1.29, 1.82) is 0 Å². The number of nitrogens with zero attached hydrogens (tertiary/aromatic N) is 1. The molecule has 0 unspecified atom stereocenters. The number of aromatic nitrogens is 1. The van der Waals surface area contributed by atoms with Crippen LogP contribution in [0.4, 0.5) is 0 Å². The van der Waals surface area contributed by atoms with Gasteiger partial charge in [-0.15, -0.1) is 0 Å². The third-order valence-electron chi connectivity index (χ3n) is 1.36. The zero-order chi connectivity index (χ0) is 10.4. The average molecular weight is 195 g/mol. The summed E-state index contributed by atoms with van der Waals surface area (Å²) in [4.78, 5) is 14.9. The Balaban J connectivity index is 2.31. The van der Waals surface area contributed by atoms with E-state index < -0.39 is 0 Å². The van der Waals surface area contributed by atoms with Crippen molar-refractivity contribution in [3.8, 4) is 5.75 Å². The van der Waals surface area contributed by atoms with Crippen LogP contribution in [0, 0.1) is 0 Å². The number of esters is 1. The molecule has 0 aliphatic heterocycles. The van der Waals surface area contributed by atoms with Gasteiger partial charge >= 0.3 is 5.97 Å².